The van der Waals surface area contributed by atoms with Gasteiger partial charge in [-0.1, -0.05) is 37.6 Å². The number of amides is 1. The highest BCUT2D eigenvalue weighted by atomic mass is 35.5. The van der Waals surface area contributed by atoms with Gasteiger partial charge >= 0.3 is 0 Å². The van der Waals surface area contributed by atoms with E-state index in [9.17, 15) is 4.79 Å². The van der Waals surface area contributed by atoms with Gasteiger partial charge in [-0.15, -0.1) is 11.3 Å². The molecule has 23 heavy (non-hydrogen) atoms. The first kappa shape index (κ1) is 17.8. The number of carbonyl (C=O) groups excluding carboxylic acids is 1. The summed E-state index contributed by atoms with van der Waals surface area (Å²) in [4.78, 5) is 15.1. The first-order chi connectivity index (χ1) is 11.1. The fourth-order valence-corrected chi connectivity index (χ4v) is 3.08. The Labute approximate surface area is 146 Å². The normalized spacial score (nSPS) is 10.8. The Kier molecular flexibility index (Phi) is 6.89. The highest BCUT2D eigenvalue weighted by Gasteiger charge is 2.12. The zero-order chi connectivity index (χ0) is 16.7. The second kappa shape index (κ2) is 8.91. The Hall–Kier alpha value is -1.56. The molecule has 0 saturated heterocycles. The predicted octanol–water partition coefficient (Wildman–Crippen LogP) is 4.37. The number of benzene rings is 1. The summed E-state index contributed by atoms with van der Waals surface area (Å²) in [7, 11) is 0. The zero-order valence-corrected chi connectivity index (χ0v) is 14.9. The first-order valence-corrected chi connectivity index (χ1v) is 8.84. The molecule has 6 heteroatoms. The zero-order valence-electron chi connectivity index (χ0n) is 13.3. The van der Waals surface area contributed by atoms with Crippen LogP contribution in [0.4, 0.5) is 5.69 Å². The number of hydrogen-bond donors (Lipinski definition) is 1. The quantitative estimate of drug-likeness (QED) is 0.766. The lowest BCUT2D eigenvalue weighted by Gasteiger charge is -2.19. The molecule has 0 aliphatic rings. The molecule has 0 bridgehead atoms. The molecule has 2 rings (SSSR count). The van der Waals surface area contributed by atoms with Crippen molar-refractivity contribution in [3.05, 3.63) is 45.6 Å². The van der Waals surface area contributed by atoms with Crippen LogP contribution in [0.1, 0.15) is 23.5 Å². The molecule has 0 aliphatic heterocycles. The van der Waals surface area contributed by atoms with Crippen LogP contribution in [0.5, 0.6) is 5.75 Å². The summed E-state index contributed by atoms with van der Waals surface area (Å²) >= 11 is 7.13. The lowest BCUT2D eigenvalue weighted by molar-refractivity contribution is 0.103. The van der Waals surface area contributed by atoms with E-state index in [0.717, 1.165) is 19.6 Å². The highest BCUT2D eigenvalue weighted by Crippen LogP contribution is 2.26. The van der Waals surface area contributed by atoms with E-state index in [1.54, 1.807) is 12.1 Å². The maximum atomic E-state index is 12.2. The average Bonchev–Trinajstić information content (AvgIpc) is 3.00. The third-order valence-electron chi connectivity index (χ3n) is 3.49. The average molecular weight is 353 g/mol. The van der Waals surface area contributed by atoms with Gasteiger partial charge in [0.25, 0.3) is 5.91 Å². The molecule has 1 amide bonds. The molecule has 0 saturated carbocycles. The fraction of sp³-hybridized carbons (Fsp3) is 0.353. The van der Waals surface area contributed by atoms with Crippen LogP contribution >= 0.6 is 22.9 Å². The number of halogens is 1. The lowest BCUT2D eigenvalue weighted by Crippen LogP contribution is -2.28. The topological polar surface area (TPSA) is 41.6 Å². The molecule has 0 aliphatic carbocycles. The van der Waals surface area contributed by atoms with Gasteiger partial charge in [-0.3, -0.25) is 4.79 Å². The van der Waals surface area contributed by atoms with Gasteiger partial charge in [0.1, 0.15) is 12.4 Å². The molecule has 0 unspecified atom stereocenters. The van der Waals surface area contributed by atoms with Crippen molar-refractivity contribution < 1.29 is 9.53 Å². The number of likely N-dealkylation sites (N-methyl/N-ethyl adjacent to an activating group) is 1. The molecule has 1 aromatic carbocycles. The van der Waals surface area contributed by atoms with Crippen LogP contribution in [0.25, 0.3) is 0 Å². The van der Waals surface area contributed by atoms with Crippen LogP contribution < -0.4 is 10.1 Å². The number of para-hydroxylation sites is 2. The molecule has 0 radical (unpaired) electrons. The van der Waals surface area contributed by atoms with Crippen LogP contribution in [-0.2, 0) is 0 Å². The standard InChI is InChI=1S/C17H21ClN2O2S/c1-3-20(4-2)11-12-22-14-8-6-5-7-13(14)19-17(21)15-9-10-16(18)23-15/h5-10H,3-4,11-12H2,1-2H3,(H,19,21). The van der Waals surface area contributed by atoms with Gasteiger partial charge < -0.3 is 15.0 Å². The fourth-order valence-electron chi connectivity index (χ4n) is 2.14. The Morgan fingerprint density at radius 1 is 1.22 bits per heavy atom. The van der Waals surface area contributed by atoms with Crippen molar-refractivity contribution >= 4 is 34.5 Å². The maximum absolute atomic E-state index is 12.2. The molecule has 0 spiro atoms. The second-order valence-corrected chi connectivity index (χ2v) is 6.64. The van der Waals surface area contributed by atoms with E-state index in [4.69, 9.17) is 16.3 Å². The van der Waals surface area contributed by atoms with Gasteiger partial charge in [0, 0.05) is 6.54 Å². The second-order valence-electron chi connectivity index (χ2n) is 4.93. The first-order valence-electron chi connectivity index (χ1n) is 7.65. The van der Waals surface area contributed by atoms with Crippen molar-refractivity contribution in [2.24, 2.45) is 0 Å². The molecule has 1 N–H and O–H groups in total. The number of carbonyl (C=O) groups is 1. The van der Waals surface area contributed by atoms with E-state index in [2.05, 4.69) is 24.1 Å². The summed E-state index contributed by atoms with van der Waals surface area (Å²) in [6.45, 7) is 7.69. The molecular weight excluding hydrogens is 332 g/mol. The Bertz CT molecular complexity index is 641. The number of rotatable bonds is 8. The van der Waals surface area contributed by atoms with Crippen molar-refractivity contribution in [3.63, 3.8) is 0 Å². The van der Waals surface area contributed by atoms with Crippen molar-refractivity contribution in [2.45, 2.75) is 13.8 Å². The van der Waals surface area contributed by atoms with Crippen LogP contribution in [-0.4, -0.2) is 37.0 Å². The van der Waals surface area contributed by atoms with Crippen molar-refractivity contribution in [3.8, 4) is 5.75 Å². The van der Waals surface area contributed by atoms with Gasteiger partial charge in [-0.25, -0.2) is 0 Å². The molecular formula is C17H21ClN2O2S. The summed E-state index contributed by atoms with van der Waals surface area (Å²) in [6.07, 6.45) is 0. The van der Waals surface area contributed by atoms with E-state index in [1.807, 2.05) is 24.3 Å². The predicted molar refractivity (Wildman–Crippen MR) is 97.0 cm³/mol. The van der Waals surface area contributed by atoms with E-state index in [0.29, 0.717) is 27.3 Å². The monoisotopic (exact) mass is 352 g/mol. The summed E-state index contributed by atoms with van der Waals surface area (Å²) < 4.78 is 6.43. The number of nitrogens with one attached hydrogen (secondary N) is 1. The van der Waals surface area contributed by atoms with Gasteiger partial charge in [0.05, 0.1) is 14.9 Å². The number of anilines is 1. The van der Waals surface area contributed by atoms with Gasteiger partial charge in [-0.05, 0) is 37.4 Å². The van der Waals surface area contributed by atoms with Gasteiger partial charge in [-0.2, -0.15) is 0 Å². The third kappa shape index (κ3) is 5.23. The lowest BCUT2D eigenvalue weighted by atomic mass is 10.3. The molecule has 124 valence electrons. The van der Waals surface area contributed by atoms with Gasteiger partial charge in [0.15, 0.2) is 0 Å². The molecule has 4 nitrogen and oxygen atoms in total. The molecule has 2 aromatic rings. The molecule has 1 aromatic heterocycles. The van der Waals surface area contributed by atoms with Crippen LogP contribution in [0.15, 0.2) is 36.4 Å². The largest absolute Gasteiger partial charge is 0.490 e. The van der Waals surface area contributed by atoms with Gasteiger partial charge in [0.2, 0.25) is 0 Å². The summed E-state index contributed by atoms with van der Waals surface area (Å²) in [6, 6.07) is 10.9. The minimum atomic E-state index is -0.179. The van der Waals surface area contributed by atoms with E-state index in [-0.39, 0.29) is 5.91 Å². The summed E-state index contributed by atoms with van der Waals surface area (Å²) in [5.41, 5.74) is 0.668. The van der Waals surface area contributed by atoms with E-state index in [1.165, 1.54) is 11.3 Å². The molecule has 1 heterocycles. The Balaban J connectivity index is 1.98. The van der Waals surface area contributed by atoms with E-state index < -0.39 is 0 Å². The summed E-state index contributed by atoms with van der Waals surface area (Å²) in [5, 5.41) is 2.88. The number of hydrogen-bond acceptors (Lipinski definition) is 4. The minimum Gasteiger partial charge on any atom is -0.490 e. The Morgan fingerprint density at radius 3 is 2.61 bits per heavy atom. The van der Waals surface area contributed by atoms with Crippen LogP contribution in [0.3, 0.4) is 0 Å². The minimum absolute atomic E-state index is 0.179. The highest BCUT2D eigenvalue weighted by molar-refractivity contribution is 7.18. The number of ether oxygens (including phenoxy) is 1. The smallest absolute Gasteiger partial charge is 0.265 e. The molecule has 0 atom stereocenters. The summed E-state index contributed by atoms with van der Waals surface area (Å²) in [5.74, 6) is 0.498. The van der Waals surface area contributed by atoms with Crippen molar-refractivity contribution in [2.75, 3.05) is 31.6 Å². The van der Waals surface area contributed by atoms with Crippen molar-refractivity contribution in [1.29, 1.82) is 0 Å². The number of thiophene rings is 1. The maximum Gasteiger partial charge on any atom is 0.265 e. The molecule has 0 fully saturated rings. The number of nitrogens with zero attached hydrogens (tertiary/aromatic N) is 1. The third-order valence-corrected chi connectivity index (χ3v) is 4.72. The van der Waals surface area contributed by atoms with E-state index >= 15 is 0 Å². The van der Waals surface area contributed by atoms with Crippen LogP contribution in [0, 0.1) is 0 Å². The Morgan fingerprint density at radius 2 is 1.96 bits per heavy atom. The van der Waals surface area contributed by atoms with Crippen molar-refractivity contribution in [1.82, 2.24) is 4.90 Å². The van der Waals surface area contributed by atoms with Crippen LogP contribution in [0.2, 0.25) is 4.34 Å². The SMILES string of the molecule is CCN(CC)CCOc1ccccc1NC(=O)c1ccc(Cl)s1.